The molecular weight excluding hydrogens is 254 g/mol. The molecule has 0 aliphatic carbocycles. The van der Waals surface area contributed by atoms with E-state index in [0.717, 1.165) is 27.4 Å². The van der Waals surface area contributed by atoms with E-state index in [1.165, 1.54) is 23.3 Å². The first-order chi connectivity index (χ1) is 8.17. The monoisotopic (exact) mass is 267 g/mol. The van der Waals surface area contributed by atoms with Crippen LogP contribution in [0.2, 0.25) is 0 Å². The highest BCUT2D eigenvalue weighted by Gasteiger charge is 2.07. The second-order valence-electron chi connectivity index (χ2n) is 3.41. The molecule has 17 heavy (non-hydrogen) atoms. The fraction of sp³-hybridized carbons (Fsp3) is 0.400. The summed E-state index contributed by atoms with van der Waals surface area (Å²) in [5, 5.41) is 4.00. The topological polar surface area (TPSA) is 63.6 Å². The molecule has 0 bridgehead atoms. The summed E-state index contributed by atoms with van der Waals surface area (Å²) in [4.78, 5) is 13.0. The van der Waals surface area contributed by atoms with Gasteiger partial charge in [0.25, 0.3) is 0 Å². The van der Waals surface area contributed by atoms with E-state index in [-0.39, 0.29) is 0 Å². The molecule has 5 nitrogen and oxygen atoms in total. The van der Waals surface area contributed by atoms with Crippen molar-refractivity contribution in [2.24, 2.45) is 0 Å². The molecule has 90 valence electrons. The van der Waals surface area contributed by atoms with Gasteiger partial charge in [0, 0.05) is 12.2 Å². The molecule has 0 unspecified atom stereocenters. The Bertz CT molecular complexity index is 511. The molecule has 0 fully saturated rings. The largest absolute Gasteiger partial charge is 0.354 e. The molecular formula is C10H13N5S2. The number of aryl methyl sites for hydroxylation is 2. The van der Waals surface area contributed by atoms with Gasteiger partial charge in [-0.3, -0.25) is 0 Å². The van der Waals surface area contributed by atoms with Gasteiger partial charge in [0.2, 0.25) is 5.95 Å². The van der Waals surface area contributed by atoms with Gasteiger partial charge in [0.1, 0.15) is 10.9 Å². The fourth-order valence-electron chi connectivity index (χ4n) is 1.24. The van der Waals surface area contributed by atoms with Crippen LogP contribution in [0.15, 0.2) is 15.4 Å². The number of nitrogens with zero attached hydrogens (tertiary/aromatic N) is 4. The van der Waals surface area contributed by atoms with Crippen molar-refractivity contribution in [1.29, 1.82) is 0 Å². The van der Waals surface area contributed by atoms with E-state index in [9.17, 15) is 0 Å². The van der Waals surface area contributed by atoms with E-state index < -0.39 is 0 Å². The maximum atomic E-state index is 4.41. The van der Waals surface area contributed by atoms with Crippen molar-refractivity contribution in [3.63, 3.8) is 0 Å². The predicted molar refractivity (Wildman–Crippen MR) is 69.7 cm³/mol. The average Bonchev–Trinajstić information content (AvgIpc) is 2.63. The SMILES string of the molecule is CCNc1nc(C)cc(Sc2nc(C)ns2)n1. The summed E-state index contributed by atoms with van der Waals surface area (Å²) in [6.45, 7) is 6.67. The maximum Gasteiger partial charge on any atom is 0.223 e. The summed E-state index contributed by atoms with van der Waals surface area (Å²) in [6, 6.07) is 1.95. The van der Waals surface area contributed by atoms with E-state index >= 15 is 0 Å². The fourth-order valence-corrected chi connectivity index (χ4v) is 2.90. The van der Waals surface area contributed by atoms with E-state index in [4.69, 9.17) is 0 Å². The van der Waals surface area contributed by atoms with Crippen LogP contribution < -0.4 is 5.32 Å². The van der Waals surface area contributed by atoms with Gasteiger partial charge in [0.05, 0.1) is 0 Å². The number of anilines is 1. The van der Waals surface area contributed by atoms with Crippen LogP contribution in [0.5, 0.6) is 0 Å². The van der Waals surface area contributed by atoms with Gasteiger partial charge < -0.3 is 5.32 Å². The van der Waals surface area contributed by atoms with Crippen LogP contribution in [0.4, 0.5) is 5.95 Å². The van der Waals surface area contributed by atoms with Crippen molar-refractivity contribution in [1.82, 2.24) is 19.3 Å². The highest BCUT2D eigenvalue weighted by molar-refractivity contribution is 8.00. The molecule has 2 rings (SSSR count). The van der Waals surface area contributed by atoms with Gasteiger partial charge in [-0.1, -0.05) is 0 Å². The molecule has 0 aliphatic heterocycles. The van der Waals surface area contributed by atoms with Crippen LogP contribution in [-0.4, -0.2) is 25.9 Å². The zero-order valence-electron chi connectivity index (χ0n) is 9.89. The number of hydrogen-bond donors (Lipinski definition) is 1. The Morgan fingerprint density at radius 2 is 2.12 bits per heavy atom. The van der Waals surface area contributed by atoms with Crippen molar-refractivity contribution < 1.29 is 0 Å². The van der Waals surface area contributed by atoms with E-state index in [1.54, 1.807) is 0 Å². The van der Waals surface area contributed by atoms with Crippen LogP contribution in [-0.2, 0) is 0 Å². The first-order valence-electron chi connectivity index (χ1n) is 5.25. The van der Waals surface area contributed by atoms with Gasteiger partial charge in [-0.2, -0.15) is 4.37 Å². The Kier molecular flexibility index (Phi) is 3.90. The molecule has 0 amide bonds. The maximum absolute atomic E-state index is 4.41. The lowest BCUT2D eigenvalue weighted by molar-refractivity contribution is 0.982. The minimum Gasteiger partial charge on any atom is -0.354 e. The Labute approximate surface area is 108 Å². The number of rotatable bonds is 4. The first kappa shape index (κ1) is 12.3. The lowest BCUT2D eigenvalue weighted by Crippen LogP contribution is -2.03. The van der Waals surface area contributed by atoms with Crippen LogP contribution >= 0.6 is 23.3 Å². The molecule has 1 N–H and O–H groups in total. The number of aromatic nitrogens is 4. The van der Waals surface area contributed by atoms with Crippen molar-refractivity contribution in [3.8, 4) is 0 Å². The lowest BCUT2D eigenvalue weighted by atomic mass is 10.5. The summed E-state index contributed by atoms with van der Waals surface area (Å²) < 4.78 is 5.05. The second-order valence-corrected chi connectivity index (χ2v) is 5.43. The molecule has 0 saturated heterocycles. The zero-order valence-corrected chi connectivity index (χ0v) is 11.5. The van der Waals surface area contributed by atoms with E-state index in [2.05, 4.69) is 24.6 Å². The minimum absolute atomic E-state index is 0.663. The molecule has 2 aromatic rings. The van der Waals surface area contributed by atoms with E-state index in [1.807, 2.05) is 26.8 Å². The Morgan fingerprint density at radius 1 is 1.29 bits per heavy atom. The Morgan fingerprint density at radius 3 is 2.76 bits per heavy atom. The van der Waals surface area contributed by atoms with Gasteiger partial charge >= 0.3 is 0 Å². The van der Waals surface area contributed by atoms with Gasteiger partial charge in [-0.15, -0.1) is 0 Å². The molecule has 0 radical (unpaired) electrons. The molecule has 0 saturated carbocycles. The smallest absolute Gasteiger partial charge is 0.223 e. The predicted octanol–water partition coefficient (Wildman–Crippen LogP) is 2.53. The van der Waals surface area contributed by atoms with Crippen molar-refractivity contribution >= 4 is 29.2 Å². The lowest BCUT2D eigenvalue weighted by Gasteiger charge is -2.04. The van der Waals surface area contributed by atoms with Gasteiger partial charge in [-0.25, -0.2) is 15.0 Å². The third-order valence-electron chi connectivity index (χ3n) is 1.87. The summed E-state index contributed by atoms with van der Waals surface area (Å²) in [7, 11) is 0. The minimum atomic E-state index is 0.663. The first-order valence-corrected chi connectivity index (χ1v) is 6.84. The van der Waals surface area contributed by atoms with Gasteiger partial charge in [-0.05, 0) is 50.1 Å². The van der Waals surface area contributed by atoms with E-state index in [0.29, 0.717) is 5.95 Å². The second kappa shape index (κ2) is 5.42. The summed E-state index contributed by atoms with van der Waals surface area (Å²) in [6.07, 6.45) is 0. The van der Waals surface area contributed by atoms with Crippen molar-refractivity contribution in [2.45, 2.75) is 30.1 Å². The standard InChI is InChI=1S/C10H13N5S2/c1-4-11-9-12-6(2)5-8(14-9)16-10-13-7(3)15-17-10/h5H,4H2,1-3H3,(H,11,12,14). The third-order valence-corrected chi connectivity index (χ3v) is 3.63. The van der Waals surface area contributed by atoms with Crippen LogP contribution in [0.25, 0.3) is 0 Å². The summed E-state index contributed by atoms with van der Waals surface area (Å²) in [5.41, 5.74) is 0.944. The highest BCUT2D eigenvalue weighted by atomic mass is 32.2. The molecule has 2 aromatic heterocycles. The number of hydrogen-bond acceptors (Lipinski definition) is 7. The van der Waals surface area contributed by atoms with Crippen LogP contribution in [0.1, 0.15) is 18.4 Å². The molecule has 0 aromatic carbocycles. The summed E-state index contributed by atoms with van der Waals surface area (Å²) >= 11 is 2.91. The normalized spacial score (nSPS) is 10.5. The summed E-state index contributed by atoms with van der Waals surface area (Å²) in [5.74, 6) is 1.46. The average molecular weight is 267 g/mol. The Hall–Kier alpha value is -1.21. The van der Waals surface area contributed by atoms with Crippen LogP contribution in [0.3, 0.4) is 0 Å². The number of nitrogens with one attached hydrogen (secondary N) is 1. The molecule has 2 heterocycles. The quantitative estimate of drug-likeness (QED) is 0.859. The molecule has 7 heteroatoms. The van der Waals surface area contributed by atoms with Crippen molar-refractivity contribution in [3.05, 3.63) is 17.6 Å². The third kappa shape index (κ3) is 3.37. The van der Waals surface area contributed by atoms with Gasteiger partial charge in [0.15, 0.2) is 4.34 Å². The van der Waals surface area contributed by atoms with Crippen molar-refractivity contribution in [2.75, 3.05) is 11.9 Å². The van der Waals surface area contributed by atoms with Crippen LogP contribution in [0, 0.1) is 13.8 Å². The molecule has 0 aliphatic rings. The highest BCUT2D eigenvalue weighted by Crippen LogP contribution is 2.28. The zero-order chi connectivity index (χ0) is 12.3. The molecule has 0 atom stereocenters. The molecule has 0 spiro atoms. The Balaban J connectivity index is 2.20.